The summed E-state index contributed by atoms with van der Waals surface area (Å²) in [5, 5.41) is 14.1. The number of aryl methyl sites for hydroxylation is 2. The van der Waals surface area contributed by atoms with Crippen molar-refractivity contribution in [3.8, 4) is 0 Å². The van der Waals surface area contributed by atoms with E-state index < -0.39 is 6.10 Å². The molecule has 1 aromatic rings. The van der Waals surface area contributed by atoms with E-state index in [4.69, 9.17) is 0 Å². The fraction of sp³-hybridized carbons (Fsp3) is 0.545. The molecule has 0 aliphatic heterocycles. The van der Waals surface area contributed by atoms with E-state index in [2.05, 4.69) is 18.6 Å². The number of nitrogens with zero attached hydrogens (tertiary/aromatic N) is 2. The fourth-order valence-corrected chi connectivity index (χ4v) is 1.45. The van der Waals surface area contributed by atoms with Crippen molar-refractivity contribution in [2.24, 2.45) is 7.05 Å². The van der Waals surface area contributed by atoms with Crippen LogP contribution in [0.15, 0.2) is 18.7 Å². The van der Waals surface area contributed by atoms with E-state index in [-0.39, 0.29) is 0 Å². The summed E-state index contributed by atoms with van der Waals surface area (Å²) in [6, 6.07) is 1.97. The Hall–Kier alpha value is -1.09. The molecule has 0 saturated carbocycles. The van der Waals surface area contributed by atoms with Gasteiger partial charge in [0.25, 0.3) is 0 Å². The van der Waals surface area contributed by atoms with E-state index in [1.165, 1.54) is 0 Å². The molecule has 0 fully saturated rings. The number of allylic oxidation sites excluding steroid dienone is 1. The molecule has 1 aromatic heterocycles. The summed E-state index contributed by atoms with van der Waals surface area (Å²) < 4.78 is 1.76. The summed E-state index contributed by atoms with van der Waals surface area (Å²) >= 11 is 0. The molecule has 1 atom stereocenters. The van der Waals surface area contributed by atoms with Gasteiger partial charge in [-0.1, -0.05) is 13.0 Å². The smallest absolute Gasteiger partial charge is 0.0959 e. The van der Waals surface area contributed by atoms with Crippen molar-refractivity contribution in [2.75, 3.05) is 0 Å². The molecule has 1 unspecified atom stereocenters. The van der Waals surface area contributed by atoms with Crippen molar-refractivity contribution >= 4 is 0 Å². The minimum Gasteiger partial charge on any atom is -0.387 e. The van der Waals surface area contributed by atoms with E-state index in [0.29, 0.717) is 6.42 Å². The molecule has 3 nitrogen and oxygen atoms in total. The van der Waals surface area contributed by atoms with E-state index in [0.717, 1.165) is 24.2 Å². The Kier molecular flexibility index (Phi) is 3.89. The van der Waals surface area contributed by atoms with Gasteiger partial charge < -0.3 is 5.11 Å². The Bertz CT molecular complexity index is 304. The van der Waals surface area contributed by atoms with Gasteiger partial charge in [-0.2, -0.15) is 5.10 Å². The maximum Gasteiger partial charge on any atom is 0.0959 e. The lowest BCUT2D eigenvalue weighted by Crippen LogP contribution is -2.04. The van der Waals surface area contributed by atoms with Crippen LogP contribution in [-0.2, 0) is 13.5 Å². The first-order valence-electron chi connectivity index (χ1n) is 5.00. The van der Waals surface area contributed by atoms with Gasteiger partial charge in [0.05, 0.1) is 17.5 Å². The predicted molar refractivity (Wildman–Crippen MR) is 57.0 cm³/mol. The second-order valence-corrected chi connectivity index (χ2v) is 3.42. The normalized spacial score (nSPS) is 12.8. The predicted octanol–water partition coefficient (Wildman–Crippen LogP) is 1.98. The molecular weight excluding hydrogens is 176 g/mol. The summed E-state index contributed by atoms with van der Waals surface area (Å²) in [7, 11) is 1.87. The zero-order valence-electron chi connectivity index (χ0n) is 8.90. The van der Waals surface area contributed by atoms with Gasteiger partial charge in [0.1, 0.15) is 0 Å². The van der Waals surface area contributed by atoms with Gasteiger partial charge in [0.15, 0.2) is 0 Å². The highest BCUT2D eigenvalue weighted by Crippen LogP contribution is 2.18. The molecule has 1 heterocycles. The van der Waals surface area contributed by atoms with Crippen molar-refractivity contribution in [1.29, 1.82) is 0 Å². The highest BCUT2D eigenvalue weighted by molar-refractivity contribution is 5.12. The number of aromatic nitrogens is 2. The maximum absolute atomic E-state index is 9.83. The van der Waals surface area contributed by atoms with E-state index >= 15 is 0 Å². The molecule has 1 N–H and O–H groups in total. The first kappa shape index (κ1) is 11.0. The average molecular weight is 194 g/mol. The SMILES string of the molecule is C=CCCC(O)c1cc(CC)nn1C. The molecule has 78 valence electrons. The van der Waals surface area contributed by atoms with Crippen molar-refractivity contribution in [3.63, 3.8) is 0 Å². The molecule has 0 radical (unpaired) electrons. The zero-order chi connectivity index (χ0) is 10.6. The first-order chi connectivity index (χ1) is 6.69. The van der Waals surface area contributed by atoms with Crippen LogP contribution in [0.5, 0.6) is 0 Å². The Morgan fingerprint density at radius 1 is 1.71 bits per heavy atom. The second kappa shape index (κ2) is 4.96. The second-order valence-electron chi connectivity index (χ2n) is 3.42. The van der Waals surface area contributed by atoms with Crippen molar-refractivity contribution in [2.45, 2.75) is 32.3 Å². The summed E-state index contributed by atoms with van der Waals surface area (Å²) in [4.78, 5) is 0. The van der Waals surface area contributed by atoms with Crippen LogP contribution in [0, 0.1) is 0 Å². The van der Waals surface area contributed by atoms with E-state index in [9.17, 15) is 5.11 Å². The van der Waals surface area contributed by atoms with Gasteiger partial charge in [0, 0.05) is 7.05 Å². The maximum atomic E-state index is 9.83. The van der Waals surface area contributed by atoms with Crippen molar-refractivity contribution in [1.82, 2.24) is 9.78 Å². The van der Waals surface area contributed by atoms with Crippen LogP contribution in [0.2, 0.25) is 0 Å². The third kappa shape index (κ3) is 2.45. The van der Waals surface area contributed by atoms with Gasteiger partial charge >= 0.3 is 0 Å². The Labute approximate surface area is 85.1 Å². The van der Waals surface area contributed by atoms with Crippen LogP contribution in [0.1, 0.15) is 37.3 Å². The minimum absolute atomic E-state index is 0.425. The topological polar surface area (TPSA) is 38.1 Å². The molecule has 0 aliphatic rings. The lowest BCUT2D eigenvalue weighted by molar-refractivity contribution is 0.159. The molecule has 0 aliphatic carbocycles. The van der Waals surface area contributed by atoms with Gasteiger partial charge in [-0.05, 0) is 25.3 Å². The quantitative estimate of drug-likeness (QED) is 0.728. The van der Waals surface area contributed by atoms with E-state index in [1.807, 2.05) is 19.2 Å². The third-order valence-electron chi connectivity index (χ3n) is 2.31. The lowest BCUT2D eigenvalue weighted by Gasteiger charge is -2.08. The van der Waals surface area contributed by atoms with Gasteiger partial charge in [0.2, 0.25) is 0 Å². The number of rotatable bonds is 5. The molecular formula is C11H18N2O. The third-order valence-corrected chi connectivity index (χ3v) is 2.31. The minimum atomic E-state index is -0.425. The van der Waals surface area contributed by atoms with Crippen molar-refractivity contribution in [3.05, 3.63) is 30.1 Å². The summed E-state index contributed by atoms with van der Waals surface area (Å²) in [5.74, 6) is 0. The molecule has 14 heavy (non-hydrogen) atoms. The Morgan fingerprint density at radius 3 is 2.93 bits per heavy atom. The molecule has 1 rings (SSSR count). The van der Waals surface area contributed by atoms with Crippen LogP contribution in [0.3, 0.4) is 0 Å². The van der Waals surface area contributed by atoms with E-state index in [1.54, 1.807) is 4.68 Å². The van der Waals surface area contributed by atoms with Gasteiger partial charge in [-0.3, -0.25) is 4.68 Å². The summed E-state index contributed by atoms with van der Waals surface area (Å²) in [5.41, 5.74) is 1.92. The monoisotopic (exact) mass is 194 g/mol. The average Bonchev–Trinajstić information content (AvgIpc) is 2.56. The molecule has 0 amide bonds. The number of hydrogen-bond donors (Lipinski definition) is 1. The van der Waals surface area contributed by atoms with Crippen LogP contribution >= 0.6 is 0 Å². The number of aliphatic hydroxyl groups excluding tert-OH is 1. The highest BCUT2D eigenvalue weighted by Gasteiger charge is 2.12. The summed E-state index contributed by atoms with van der Waals surface area (Å²) in [6.07, 6.45) is 3.84. The first-order valence-corrected chi connectivity index (χ1v) is 5.00. The lowest BCUT2D eigenvalue weighted by atomic mass is 10.1. The van der Waals surface area contributed by atoms with Crippen LogP contribution in [0.4, 0.5) is 0 Å². The van der Waals surface area contributed by atoms with Crippen LogP contribution < -0.4 is 0 Å². The standard InChI is InChI=1S/C11H18N2O/c1-4-6-7-11(14)10-8-9(5-2)12-13(10)3/h4,8,11,14H,1,5-7H2,2-3H3. The number of aliphatic hydroxyl groups is 1. The van der Waals surface area contributed by atoms with Crippen molar-refractivity contribution < 1.29 is 5.11 Å². The molecule has 0 bridgehead atoms. The molecule has 0 aromatic carbocycles. The van der Waals surface area contributed by atoms with Gasteiger partial charge in [-0.15, -0.1) is 6.58 Å². The zero-order valence-corrected chi connectivity index (χ0v) is 8.90. The molecule has 0 spiro atoms. The number of hydrogen-bond acceptors (Lipinski definition) is 2. The molecule has 3 heteroatoms. The Morgan fingerprint density at radius 2 is 2.43 bits per heavy atom. The summed E-state index contributed by atoms with van der Waals surface area (Å²) in [6.45, 7) is 5.69. The van der Waals surface area contributed by atoms with Crippen LogP contribution in [0.25, 0.3) is 0 Å². The fourth-order valence-electron chi connectivity index (χ4n) is 1.45. The van der Waals surface area contributed by atoms with Gasteiger partial charge in [-0.25, -0.2) is 0 Å². The largest absolute Gasteiger partial charge is 0.387 e. The molecule has 0 saturated heterocycles. The Balaban J connectivity index is 2.72. The van der Waals surface area contributed by atoms with Crippen LogP contribution in [-0.4, -0.2) is 14.9 Å². The highest BCUT2D eigenvalue weighted by atomic mass is 16.3.